The summed E-state index contributed by atoms with van der Waals surface area (Å²) >= 11 is 0. The van der Waals surface area contributed by atoms with Crippen LogP contribution in [0.25, 0.3) is 0 Å². The molecule has 3 heteroatoms. The lowest BCUT2D eigenvalue weighted by Gasteiger charge is -2.30. The first-order valence-corrected chi connectivity index (χ1v) is 8.52. The smallest absolute Gasteiger partial charge is 0.227 e. The van der Waals surface area contributed by atoms with E-state index in [9.17, 15) is 4.79 Å². The number of carbonyl (C=O) groups is 1. The van der Waals surface area contributed by atoms with Gasteiger partial charge in [0.2, 0.25) is 5.91 Å². The molecule has 2 saturated heterocycles. The highest BCUT2D eigenvalue weighted by Crippen LogP contribution is 2.34. The molecule has 2 heterocycles. The Kier molecular flexibility index (Phi) is 5.48. The van der Waals surface area contributed by atoms with Crippen LogP contribution in [0.5, 0.6) is 0 Å². The lowest BCUT2D eigenvalue weighted by Crippen LogP contribution is -2.42. The van der Waals surface area contributed by atoms with Crippen LogP contribution in [0.15, 0.2) is 0 Å². The van der Waals surface area contributed by atoms with E-state index in [-0.39, 0.29) is 5.92 Å². The number of carbonyl (C=O) groups excluding carboxylic acids is 1. The third-order valence-corrected chi connectivity index (χ3v) is 4.88. The minimum Gasteiger partial charge on any atom is -0.342 e. The lowest BCUT2D eigenvalue weighted by molar-refractivity contribution is -0.136. The molecule has 0 aromatic rings. The van der Waals surface area contributed by atoms with Crippen LogP contribution in [0.2, 0.25) is 0 Å². The predicted octanol–water partition coefficient (Wildman–Crippen LogP) is 3.05. The molecule has 0 spiro atoms. The van der Waals surface area contributed by atoms with Gasteiger partial charge in [0.05, 0.1) is 5.92 Å². The van der Waals surface area contributed by atoms with Gasteiger partial charge in [0.15, 0.2) is 0 Å². The molecule has 116 valence electrons. The number of amides is 1. The van der Waals surface area contributed by atoms with Crippen LogP contribution in [-0.2, 0) is 4.79 Å². The number of nitrogens with one attached hydrogen (secondary N) is 1. The van der Waals surface area contributed by atoms with E-state index in [0.29, 0.717) is 29.8 Å². The van der Waals surface area contributed by atoms with Gasteiger partial charge >= 0.3 is 0 Å². The molecule has 1 amide bonds. The van der Waals surface area contributed by atoms with Crippen molar-refractivity contribution in [1.82, 2.24) is 10.2 Å². The van der Waals surface area contributed by atoms with E-state index in [0.717, 1.165) is 32.4 Å². The Labute approximate surface area is 124 Å². The number of nitrogens with zero attached hydrogens (tertiary/aromatic N) is 1. The molecule has 2 fully saturated rings. The molecule has 0 aliphatic carbocycles. The number of fused-ring (bicyclic) bond motifs is 2. The Morgan fingerprint density at radius 1 is 1.10 bits per heavy atom. The molecule has 0 aromatic carbocycles. The molecule has 0 saturated carbocycles. The molecule has 1 N–H and O–H groups in total. The average Bonchev–Trinajstić information content (AvgIpc) is 2.99. The van der Waals surface area contributed by atoms with Gasteiger partial charge in [-0.1, -0.05) is 27.7 Å². The Morgan fingerprint density at radius 3 is 2.10 bits per heavy atom. The van der Waals surface area contributed by atoms with Crippen LogP contribution in [0.1, 0.15) is 59.8 Å². The second-order valence-electron chi connectivity index (χ2n) is 7.58. The molecule has 20 heavy (non-hydrogen) atoms. The fourth-order valence-electron chi connectivity index (χ4n) is 3.49. The van der Waals surface area contributed by atoms with Crippen molar-refractivity contribution in [3.8, 4) is 0 Å². The SMILES string of the molecule is CC(C)CCN(CCC(C)C)C(=O)C1CC2CCC1N2. The molecule has 3 nitrogen and oxygen atoms in total. The van der Waals surface area contributed by atoms with Gasteiger partial charge in [0.25, 0.3) is 0 Å². The molecule has 3 unspecified atom stereocenters. The summed E-state index contributed by atoms with van der Waals surface area (Å²) in [4.78, 5) is 15.0. The van der Waals surface area contributed by atoms with E-state index >= 15 is 0 Å². The maximum absolute atomic E-state index is 12.8. The highest BCUT2D eigenvalue weighted by atomic mass is 16.2. The normalized spacial score (nSPS) is 28.6. The maximum Gasteiger partial charge on any atom is 0.227 e. The number of hydrogen-bond donors (Lipinski definition) is 1. The average molecular weight is 280 g/mol. The van der Waals surface area contributed by atoms with Crippen LogP contribution in [-0.4, -0.2) is 36.0 Å². The van der Waals surface area contributed by atoms with Crippen LogP contribution >= 0.6 is 0 Å². The van der Waals surface area contributed by atoms with Gasteiger partial charge in [0.1, 0.15) is 0 Å². The molecule has 0 aromatic heterocycles. The van der Waals surface area contributed by atoms with Crippen LogP contribution in [0.4, 0.5) is 0 Å². The molecule has 0 radical (unpaired) electrons. The summed E-state index contributed by atoms with van der Waals surface area (Å²) in [6.07, 6.45) is 5.79. The zero-order chi connectivity index (χ0) is 14.7. The van der Waals surface area contributed by atoms with Crippen molar-refractivity contribution in [3.05, 3.63) is 0 Å². The van der Waals surface area contributed by atoms with Gasteiger partial charge in [-0.2, -0.15) is 0 Å². The first-order chi connectivity index (χ1) is 9.47. The standard InChI is InChI=1S/C17H32N2O/c1-12(2)7-9-19(10-8-13(3)4)17(20)15-11-14-5-6-16(15)18-14/h12-16,18H,5-11H2,1-4H3. The predicted molar refractivity (Wildman–Crippen MR) is 83.5 cm³/mol. The number of rotatable bonds is 7. The monoisotopic (exact) mass is 280 g/mol. The van der Waals surface area contributed by atoms with E-state index < -0.39 is 0 Å². The summed E-state index contributed by atoms with van der Waals surface area (Å²) in [6.45, 7) is 10.8. The molecule has 2 aliphatic rings. The van der Waals surface area contributed by atoms with E-state index in [1.165, 1.54) is 12.8 Å². The molecular formula is C17H32N2O. The quantitative estimate of drug-likeness (QED) is 0.777. The third kappa shape index (κ3) is 3.97. The van der Waals surface area contributed by atoms with Crippen molar-refractivity contribution >= 4 is 5.91 Å². The Hall–Kier alpha value is -0.570. The van der Waals surface area contributed by atoms with Gasteiger partial charge in [-0.3, -0.25) is 4.79 Å². The van der Waals surface area contributed by atoms with Crippen molar-refractivity contribution in [2.45, 2.75) is 71.9 Å². The van der Waals surface area contributed by atoms with Crippen LogP contribution in [0.3, 0.4) is 0 Å². The Balaban J connectivity index is 1.91. The van der Waals surface area contributed by atoms with Gasteiger partial charge in [-0.05, 0) is 43.9 Å². The van der Waals surface area contributed by atoms with Crippen LogP contribution < -0.4 is 5.32 Å². The summed E-state index contributed by atoms with van der Waals surface area (Å²) < 4.78 is 0. The minimum atomic E-state index is 0.257. The van der Waals surface area contributed by atoms with Gasteiger partial charge in [-0.15, -0.1) is 0 Å². The van der Waals surface area contributed by atoms with E-state index in [2.05, 4.69) is 37.9 Å². The minimum absolute atomic E-state index is 0.257. The van der Waals surface area contributed by atoms with E-state index in [1.54, 1.807) is 0 Å². The highest BCUT2D eigenvalue weighted by Gasteiger charge is 2.43. The highest BCUT2D eigenvalue weighted by molar-refractivity contribution is 5.80. The van der Waals surface area contributed by atoms with Gasteiger partial charge < -0.3 is 10.2 Å². The summed E-state index contributed by atoms with van der Waals surface area (Å²) in [5, 5.41) is 3.60. The second-order valence-corrected chi connectivity index (χ2v) is 7.58. The molecule has 2 aliphatic heterocycles. The fourth-order valence-corrected chi connectivity index (χ4v) is 3.49. The zero-order valence-corrected chi connectivity index (χ0v) is 13.7. The summed E-state index contributed by atoms with van der Waals surface area (Å²) in [5.74, 6) is 2.02. The molecular weight excluding hydrogens is 248 g/mol. The van der Waals surface area contributed by atoms with Crippen molar-refractivity contribution in [2.24, 2.45) is 17.8 Å². The van der Waals surface area contributed by atoms with Crippen molar-refractivity contribution < 1.29 is 4.79 Å². The molecule has 2 rings (SSSR count). The maximum atomic E-state index is 12.8. The molecule has 2 bridgehead atoms. The lowest BCUT2D eigenvalue weighted by atomic mass is 9.88. The second kappa shape index (κ2) is 6.93. The fraction of sp³-hybridized carbons (Fsp3) is 0.941. The van der Waals surface area contributed by atoms with Crippen LogP contribution in [0, 0.1) is 17.8 Å². The largest absolute Gasteiger partial charge is 0.342 e. The zero-order valence-electron chi connectivity index (χ0n) is 13.7. The summed E-state index contributed by atoms with van der Waals surface area (Å²) in [5.41, 5.74) is 0. The summed E-state index contributed by atoms with van der Waals surface area (Å²) in [6, 6.07) is 1.08. The van der Waals surface area contributed by atoms with Crippen molar-refractivity contribution in [2.75, 3.05) is 13.1 Å². The van der Waals surface area contributed by atoms with E-state index in [4.69, 9.17) is 0 Å². The van der Waals surface area contributed by atoms with Crippen molar-refractivity contribution in [1.29, 1.82) is 0 Å². The Bertz CT molecular complexity index is 315. The van der Waals surface area contributed by atoms with Crippen molar-refractivity contribution in [3.63, 3.8) is 0 Å². The first kappa shape index (κ1) is 15.8. The summed E-state index contributed by atoms with van der Waals surface area (Å²) in [7, 11) is 0. The molecule has 3 atom stereocenters. The van der Waals surface area contributed by atoms with E-state index in [1.807, 2.05) is 0 Å². The van der Waals surface area contributed by atoms with Gasteiger partial charge in [0, 0.05) is 25.2 Å². The first-order valence-electron chi connectivity index (χ1n) is 8.52. The number of hydrogen-bond acceptors (Lipinski definition) is 2. The topological polar surface area (TPSA) is 32.3 Å². The third-order valence-electron chi connectivity index (χ3n) is 4.88. The van der Waals surface area contributed by atoms with Gasteiger partial charge in [-0.25, -0.2) is 0 Å². The Morgan fingerprint density at radius 2 is 1.70 bits per heavy atom.